The number of benzene rings is 1. The van der Waals surface area contributed by atoms with Crippen LogP contribution >= 0.6 is 15.9 Å². The van der Waals surface area contributed by atoms with Crippen LogP contribution in [0.1, 0.15) is 17.3 Å². The summed E-state index contributed by atoms with van der Waals surface area (Å²) >= 11 is 3.30. The molecule has 0 aliphatic carbocycles. The molecule has 3 nitrogen and oxygen atoms in total. The summed E-state index contributed by atoms with van der Waals surface area (Å²) in [5, 5.41) is 0. The molecule has 0 heterocycles. The lowest BCUT2D eigenvalue weighted by atomic mass is 10.2. The molecule has 4 heteroatoms. The van der Waals surface area contributed by atoms with Gasteiger partial charge in [0.05, 0.1) is 16.6 Å². The summed E-state index contributed by atoms with van der Waals surface area (Å²) < 4.78 is 10.9. The number of ether oxygens (including phenoxy) is 2. The average molecular weight is 283 g/mol. The second-order valence-electron chi connectivity index (χ2n) is 2.86. The van der Waals surface area contributed by atoms with E-state index >= 15 is 0 Å². The molecule has 0 saturated heterocycles. The topological polar surface area (TPSA) is 35.5 Å². The van der Waals surface area contributed by atoms with E-state index in [9.17, 15) is 4.79 Å². The number of terminal acetylenes is 1. The van der Waals surface area contributed by atoms with Crippen molar-refractivity contribution in [3.05, 3.63) is 28.2 Å². The maximum absolute atomic E-state index is 11.4. The van der Waals surface area contributed by atoms with Crippen LogP contribution in [0, 0.1) is 12.3 Å². The summed E-state index contributed by atoms with van der Waals surface area (Å²) in [4.78, 5) is 11.4. The molecule has 0 bridgehead atoms. The Bertz CT molecular complexity index is 421. The zero-order valence-corrected chi connectivity index (χ0v) is 10.4. The summed E-state index contributed by atoms with van der Waals surface area (Å²) in [6, 6.07) is 4.97. The third-order valence-electron chi connectivity index (χ3n) is 1.75. The second kappa shape index (κ2) is 6.19. The van der Waals surface area contributed by atoms with Gasteiger partial charge in [-0.3, -0.25) is 0 Å². The predicted molar refractivity (Wildman–Crippen MR) is 64.4 cm³/mol. The van der Waals surface area contributed by atoms with Gasteiger partial charge in [0, 0.05) is 0 Å². The van der Waals surface area contributed by atoms with Gasteiger partial charge >= 0.3 is 5.97 Å². The number of halogens is 1. The van der Waals surface area contributed by atoms with Gasteiger partial charge in [-0.05, 0) is 41.1 Å². The van der Waals surface area contributed by atoms with Crippen LogP contribution in [0.15, 0.2) is 22.7 Å². The minimum Gasteiger partial charge on any atom is -0.480 e. The molecule has 0 aliphatic heterocycles. The molecule has 0 N–H and O–H groups in total. The van der Waals surface area contributed by atoms with Gasteiger partial charge in [-0.1, -0.05) is 5.92 Å². The molecule has 0 fully saturated rings. The maximum Gasteiger partial charge on any atom is 0.338 e. The van der Waals surface area contributed by atoms with Crippen LogP contribution in [-0.2, 0) is 4.74 Å². The quantitative estimate of drug-likeness (QED) is 0.629. The molecule has 16 heavy (non-hydrogen) atoms. The van der Waals surface area contributed by atoms with E-state index < -0.39 is 0 Å². The zero-order valence-electron chi connectivity index (χ0n) is 8.83. The van der Waals surface area contributed by atoms with Gasteiger partial charge in [-0.25, -0.2) is 4.79 Å². The molecular formula is C12H11BrO3. The smallest absolute Gasteiger partial charge is 0.338 e. The van der Waals surface area contributed by atoms with Crippen molar-refractivity contribution in [3.8, 4) is 18.1 Å². The molecule has 0 unspecified atom stereocenters. The molecule has 0 saturated carbocycles. The Kier molecular flexibility index (Phi) is 4.87. The number of hydrogen-bond donors (Lipinski definition) is 0. The molecule has 0 atom stereocenters. The molecule has 0 aliphatic rings. The van der Waals surface area contributed by atoms with Gasteiger partial charge in [-0.15, -0.1) is 6.42 Å². The monoisotopic (exact) mass is 282 g/mol. The van der Waals surface area contributed by atoms with Crippen molar-refractivity contribution in [2.75, 3.05) is 13.2 Å². The average Bonchev–Trinajstić information content (AvgIpc) is 2.28. The molecular weight excluding hydrogens is 272 g/mol. The lowest BCUT2D eigenvalue weighted by Gasteiger charge is -2.07. The van der Waals surface area contributed by atoms with Crippen molar-refractivity contribution in [3.63, 3.8) is 0 Å². The molecule has 0 aromatic heterocycles. The summed E-state index contributed by atoms with van der Waals surface area (Å²) in [6.45, 7) is 2.26. The van der Waals surface area contributed by atoms with E-state index in [1.807, 2.05) is 0 Å². The van der Waals surface area contributed by atoms with Crippen LogP contribution in [0.3, 0.4) is 0 Å². The van der Waals surface area contributed by atoms with Gasteiger partial charge in [0.2, 0.25) is 0 Å². The Balaban J connectivity index is 2.89. The van der Waals surface area contributed by atoms with Gasteiger partial charge in [0.25, 0.3) is 0 Å². The van der Waals surface area contributed by atoms with E-state index in [1.54, 1.807) is 25.1 Å². The zero-order chi connectivity index (χ0) is 12.0. The third kappa shape index (κ3) is 3.28. The van der Waals surface area contributed by atoms with Crippen molar-refractivity contribution >= 4 is 21.9 Å². The van der Waals surface area contributed by atoms with E-state index in [0.717, 1.165) is 4.47 Å². The van der Waals surface area contributed by atoms with E-state index in [0.29, 0.717) is 17.9 Å². The highest BCUT2D eigenvalue weighted by molar-refractivity contribution is 9.10. The van der Waals surface area contributed by atoms with Gasteiger partial charge < -0.3 is 9.47 Å². The fourth-order valence-electron chi connectivity index (χ4n) is 1.07. The Morgan fingerprint density at radius 1 is 1.56 bits per heavy atom. The van der Waals surface area contributed by atoms with Crippen LogP contribution in [0.4, 0.5) is 0 Å². The largest absolute Gasteiger partial charge is 0.480 e. The molecule has 0 spiro atoms. The first-order chi connectivity index (χ1) is 7.69. The Morgan fingerprint density at radius 3 is 2.94 bits per heavy atom. The van der Waals surface area contributed by atoms with E-state index in [1.165, 1.54) is 0 Å². The second-order valence-corrected chi connectivity index (χ2v) is 3.71. The van der Waals surface area contributed by atoms with E-state index in [-0.39, 0.29) is 12.6 Å². The third-order valence-corrected chi connectivity index (χ3v) is 2.41. The fraction of sp³-hybridized carbons (Fsp3) is 0.250. The SMILES string of the molecule is C#CCOc1cc(C(=O)OCC)ccc1Br. The highest BCUT2D eigenvalue weighted by atomic mass is 79.9. The van der Waals surface area contributed by atoms with Crippen molar-refractivity contribution in [2.24, 2.45) is 0 Å². The Morgan fingerprint density at radius 2 is 2.31 bits per heavy atom. The minimum atomic E-state index is -0.374. The molecule has 0 amide bonds. The lowest BCUT2D eigenvalue weighted by molar-refractivity contribution is 0.0526. The molecule has 84 valence electrons. The highest BCUT2D eigenvalue weighted by Gasteiger charge is 2.09. The summed E-state index contributed by atoms with van der Waals surface area (Å²) in [7, 11) is 0. The molecule has 1 aromatic rings. The summed E-state index contributed by atoms with van der Waals surface area (Å²) in [6.07, 6.45) is 5.09. The lowest BCUT2D eigenvalue weighted by Crippen LogP contribution is -2.05. The summed E-state index contributed by atoms with van der Waals surface area (Å²) in [5.41, 5.74) is 0.442. The maximum atomic E-state index is 11.4. The Labute approximate surface area is 103 Å². The molecule has 0 radical (unpaired) electrons. The molecule has 1 aromatic carbocycles. The molecule has 1 rings (SSSR count). The number of carbonyl (C=O) groups excluding carboxylic acids is 1. The number of carbonyl (C=O) groups is 1. The number of hydrogen-bond acceptors (Lipinski definition) is 3. The standard InChI is InChI=1S/C12H11BrO3/c1-3-7-16-11-8-9(5-6-10(11)13)12(14)15-4-2/h1,5-6,8H,4,7H2,2H3. The number of rotatable bonds is 4. The van der Waals surface area contributed by atoms with Gasteiger partial charge in [0.1, 0.15) is 12.4 Å². The first-order valence-corrected chi connectivity index (χ1v) is 5.51. The van der Waals surface area contributed by atoms with Crippen molar-refractivity contribution < 1.29 is 14.3 Å². The van der Waals surface area contributed by atoms with E-state index in [2.05, 4.69) is 21.9 Å². The first-order valence-electron chi connectivity index (χ1n) is 4.72. The van der Waals surface area contributed by atoms with Crippen LogP contribution in [-0.4, -0.2) is 19.2 Å². The minimum absolute atomic E-state index is 0.158. The van der Waals surface area contributed by atoms with Crippen molar-refractivity contribution in [1.29, 1.82) is 0 Å². The van der Waals surface area contributed by atoms with Gasteiger partial charge in [-0.2, -0.15) is 0 Å². The highest BCUT2D eigenvalue weighted by Crippen LogP contribution is 2.26. The van der Waals surface area contributed by atoms with E-state index in [4.69, 9.17) is 15.9 Å². The van der Waals surface area contributed by atoms with Crippen molar-refractivity contribution in [1.82, 2.24) is 0 Å². The van der Waals surface area contributed by atoms with Gasteiger partial charge in [0.15, 0.2) is 0 Å². The van der Waals surface area contributed by atoms with Crippen molar-refractivity contribution in [2.45, 2.75) is 6.92 Å². The predicted octanol–water partition coefficient (Wildman–Crippen LogP) is 2.64. The van der Waals surface area contributed by atoms with Crippen LogP contribution in [0.2, 0.25) is 0 Å². The Hall–Kier alpha value is -1.47. The normalized spacial score (nSPS) is 9.31. The number of esters is 1. The van der Waals surface area contributed by atoms with Crippen LogP contribution < -0.4 is 4.74 Å². The first kappa shape index (κ1) is 12.6. The van der Waals surface area contributed by atoms with Crippen LogP contribution in [0.25, 0.3) is 0 Å². The fourth-order valence-corrected chi connectivity index (χ4v) is 1.44. The van der Waals surface area contributed by atoms with Crippen LogP contribution in [0.5, 0.6) is 5.75 Å². The summed E-state index contributed by atoms with van der Waals surface area (Å²) in [5.74, 6) is 2.51.